The van der Waals surface area contributed by atoms with Gasteiger partial charge in [0.1, 0.15) is 17.5 Å². The molecule has 14 unspecified atom stereocenters. The Kier molecular flexibility index (Phi) is 14.3. The molecule has 4 fully saturated rings. The lowest BCUT2D eigenvalue weighted by Gasteiger charge is -2.41. The number of carbonyl (C=O) groups is 2. The Morgan fingerprint density at radius 3 is 2.50 bits per heavy atom. The van der Waals surface area contributed by atoms with E-state index in [2.05, 4.69) is 22.5 Å². The summed E-state index contributed by atoms with van der Waals surface area (Å²) < 4.78 is 5.59. The average molecular weight is 674 g/mol. The zero-order valence-corrected chi connectivity index (χ0v) is 29.1. The van der Waals surface area contributed by atoms with Crippen molar-refractivity contribution in [3.05, 3.63) is 0 Å². The molecule has 0 aromatic carbocycles. The third-order valence-electron chi connectivity index (χ3n) is 12.7. The van der Waals surface area contributed by atoms with Crippen LogP contribution in [-0.2, 0) is 14.3 Å². The maximum Gasteiger partial charge on any atom is 0.150 e. The van der Waals surface area contributed by atoms with Crippen molar-refractivity contribution in [3.63, 3.8) is 0 Å². The first-order chi connectivity index (χ1) is 23.1. The summed E-state index contributed by atoms with van der Waals surface area (Å²) >= 11 is 0. The zero-order chi connectivity index (χ0) is 34.2. The van der Waals surface area contributed by atoms with Crippen molar-refractivity contribution >= 4 is 11.6 Å². The Bertz CT molecular complexity index is 1110. The lowest BCUT2D eigenvalue weighted by Crippen LogP contribution is -2.48. The first-order valence-electron chi connectivity index (χ1n) is 19.1. The van der Waals surface area contributed by atoms with E-state index in [4.69, 9.17) is 10.5 Å². The van der Waals surface area contributed by atoms with E-state index in [9.17, 15) is 30.0 Å². The summed E-state index contributed by atoms with van der Waals surface area (Å²) in [5, 5.41) is 51.3. The summed E-state index contributed by atoms with van der Waals surface area (Å²) in [6.45, 7) is 1.81. The molecule has 0 aromatic heterocycles. The predicted octanol–water partition coefficient (Wildman–Crippen LogP) is 2.43. The van der Waals surface area contributed by atoms with Crippen LogP contribution in [0.2, 0.25) is 0 Å². The first kappa shape index (κ1) is 37.8. The maximum absolute atomic E-state index is 13.5. The second kappa shape index (κ2) is 18.2. The number of piperidine rings is 2. The number of hydrogen-bond acceptors (Lipinski definition) is 10. The number of ether oxygens (including phenoxy) is 1. The van der Waals surface area contributed by atoms with Crippen LogP contribution in [0.15, 0.2) is 0 Å². The molecular weight excluding hydrogens is 610 g/mol. The lowest BCUT2D eigenvalue weighted by molar-refractivity contribution is -0.125. The van der Waals surface area contributed by atoms with Gasteiger partial charge in [-0.2, -0.15) is 0 Å². The van der Waals surface area contributed by atoms with E-state index in [1.807, 2.05) is 0 Å². The minimum absolute atomic E-state index is 0.0239. The molecule has 8 N–H and O–H groups in total. The van der Waals surface area contributed by atoms with Crippen LogP contribution in [0.1, 0.15) is 109 Å². The molecule has 2 saturated heterocycles. The third-order valence-corrected chi connectivity index (χ3v) is 12.7. The summed E-state index contributed by atoms with van der Waals surface area (Å²) in [7, 11) is 1.60. The van der Waals surface area contributed by atoms with Crippen molar-refractivity contribution in [2.45, 2.75) is 152 Å². The van der Waals surface area contributed by atoms with Gasteiger partial charge in [-0.05, 0) is 120 Å². The van der Waals surface area contributed by atoms with Gasteiger partial charge in [0.2, 0.25) is 0 Å². The number of aliphatic hydroxyl groups excluding tert-OH is 4. The molecule has 48 heavy (non-hydrogen) atoms. The monoisotopic (exact) mass is 673 g/mol. The fourth-order valence-corrected chi connectivity index (χ4v) is 9.64. The minimum atomic E-state index is -0.976. The van der Waals surface area contributed by atoms with Crippen LogP contribution in [0.4, 0.5) is 0 Å². The van der Waals surface area contributed by atoms with Gasteiger partial charge in [0.25, 0.3) is 0 Å². The van der Waals surface area contributed by atoms with E-state index in [0.29, 0.717) is 80.9 Å². The van der Waals surface area contributed by atoms with E-state index in [-0.39, 0.29) is 42.2 Å². The average Bonchev–Trinajstić information content (AvgIpc) is 3.13. The van der Waals surface area contributed by atoms with Gasteiger partial charge in [-0.1, -0.05) is 24.7 Å². The molecule has 0 amide bonds. The molecule has 14 atom stereocenters. The summed E-state index contributed by atoms with van der Waals surface area (Å²) in [5.74, 6) is 7.38. The number of nitrogens with two attached hydrogens (primary N) is 1. The van der Waals surface area contributed by atoms with Crippen molar-refractivity contribution < 1.29 is 34.8 Å². The fourth-order valence-electron chi connectivity index (χ4n) is 9.64. The fraction of sp³-hybridized carbons (Fsp3) is 0.895. The molecular formula is C38H63N3O7. The third kappa shape index (κ3) is 10.3. The van der Waals surface area contributed by atoms with Crippen LogP contribution >= 0.6 is 0 Å². The van der Waals surface area contributed by atoms with Crippen molar-refractivity contribution in [1.82, 2.24) is 10.6 Å². The predicted molar refractivity (Wildman–Crippen MR) is 183 cm³/mol. The quantitative estimate of drug-likeness (QED) is 0.114. The molecule has 2 aliphatic heterocycles. The number of carbonyl (C=O) groups excluding carboxylic acids is 2. The smallest absolute Gasteiger partial charge is 0.150 e. The number of methoxy groups -OCH3 is 1. The summed E-state index contributed by atoms with van der Waals surface area (Å²) in [6, 6.07) is 0.344. The number of hydrogen-bond donors (Lipinski definition) is 7. The molecule has 0 bridgehead atoms. The minimum Gasteiger partial charge on any atom is -0.391 e. The number of fused-ring (bicyclic) bond motifs is 2. The van der Waals surface area contributed by atoms with E-state index in [0.717, 1.165) is 64.5 Å². The highest BCUT2D eigenvalue weighted by atomic mass is 16.5. The van der Waals surface area contributed by atoms with Gasteiger partial charge >= 0.3 is 0 Å². The number of nitrogens with one attached hydrogen (secondary N) is 2. The molecule has 0 aromatic rings. The van der Waals surface area contributed by atoms with E-state index >= 15 is 0 Å². The highest BCUT2D eigenvalue weighted by Gasteiger charge is 2.42. The van der Waals surface area contributed by atoms with Crippen LogP contribution in [0.5, 0.6) is 0 Å². The molecule has 10 heteroatoms. The molecule has 272 valence electrons. The van der Waals surface area contributed by atoms with Gasteiger partial charge in [0, 0.05) is 38.3 Å². The Morgan fingerprint density at radius 2 is 1.71 bits per heavy atom. The zero-order valence-electron chi connectivity index (χ0n) is 29.1. The number of ketones is 2. The normalized spacial score (nSPS) is 39.4. The molecule has 5 rings (SSSR count). The van der Waals surface area contributed by atoms with Crippen molar-refractivity contribution in [2.75, 3.05) is 20.2 Å². The molecule has 5 aliphatic rings. The SMILES string of the molecule is COC1CC2CCC(=O)C(C(O)CCCCC3CNC4CC(=O)CCC4C3)C#CC(CC(O)C(O)CCC3CCNC(N)C3)C2CC1O. The Balaban J connectivity index is 1.18. The Labute approximate surface area is 287 Å². The van der Waals surface area contributed by atoms with Crippen molar-refractivity contribution in [1.29, 1.82) is 0 Å². The molecule has 0 radical (unpaired) electrons. The van der Waals surface area contributed by atoms with E-state index in [1.54, 1.807) is 7.11 Å². The second-order valence-electron chi connectivity index (χ2n) is 16.0. The topological polar surface area (TPSA) is 174 Å². The van der Waals surface area contributed by atoms with E-state index < -0.39 is 30.3 Å². The lowest BCUT2D eigenvalue weighted by atomic mass is 9.67. The number of aliphatic hydroxyl groups is 4. The first-order valence-corrected chi connectivity index (χ1v) is 19.1. The number of unbranched alkanes of at least 4 members (excludes halogenated alkanes) is 1. The van der Waals surface area contributed by atoms with Gasteiger partial charge in [0.05, 0.1) is 36.7 Å². The molecule has 2 saturated carbocycles. The van der Waals surface area contributed by atoms with Gasteiger partial charge in [-0.25, -0.2) is 0 Å². The highest BCUT2D eigenvalue weighted by Crippen LogP contribution is 2.42. The largest absolute Gasteiger partial charge is 0.391 e. The maximum atomic E-state index is 13.5. The summed E-state index contributed by atoms with van der Waals surface area (Å²) in [6.07, 6.45) is 8.62. The van der Waals surface area contributed by atoms with Crippen LogP contribution in [-0.4, -0.2) is 94.9 Å². The molecule has 10 nitrogen and oxygen atoms in total. The highest BCUT2D eigenvalue weighted by molar-refractivity contribution is 5.84. The van der Waals surface area contributed by atoms with Crippen molar-refractivity contribution in [3.8, 4) is 11.8 Å². The van der Waals surface area contributed by atoms with Gasteiger partial charge in [-0.15, -0.1) is 0 Å². The number of Topliss-reactive ketones (excluding diaryl/α,β-unsaturated/α-hetero) is 2. The molecule has 0 spiro atoms. The van der Waals surface area contributed by atoms with Crippen LogP contribution in [0.25, 0.3) is 0 Å². The van der Waals surface area contributed by atoms with Crippen LogP contribution < -0.4 is 16.4 Å². The van der Waals surface area contributed by atoms with Gasteiger partial charge in [-0.3, -0.25) is 9.59 Å². The van der Waals surface area contributed by atoms with Crippen LogP contribution in [0, 0.1) is 53.3 Å². The Morgan fingerprint density at radius 1 is 0.896 bits per heavy atom. The Hall–Kier alpha value is -1.42. The summed E-state index contributed by atoms with van der Waals surface area (Å²) in [4.78, 5) is 25.3. The second-order valence-corrected chi connectivity index (χ2v) is 16.0. The van der Waals surface area contributed by atoms with Crippen LogP contribution in [0.3, 0.4) is 0 Å². The van der Waals surface area contributed by atoms with Gasteiger partial charge in [0.15, 0.2) is 0 Å². The van der Waals surface area contributed by atoms with Crippen molar-refractivity contribution in [2.24, 2.45) is 47.2 Å². The standard InChI is InChI=1S/C38H63N3O7/c1-48-37-19-26-9-13-33(44)29(32(43)5-3-2-4-24-16-27-7-10-28(42)20-31(27)41-22-24)11-8-25(30(26)21-36(37)47)18-35(46)34(45)12-6-23-14-15-40-38(39)17-23/h23-27,29-32,34-38,40-41,43,45-47H,2-7,9-10,12-22,39H2,1H3. The van der Waals surface area contributed by atoms with E-state index in [1.165, 1.54) is 0 Å². The summed E-state index contributed by atoms with van der Waals surface area (Å²) in [5.41, 5.74) is 6.06. The number of rotatable bonds is 13. The molecule has 3 aliphatic carbocycles. The molecule has 2 heterocycles. The van der Waals surface area contributed by atoms with Gasteiger partial charge < -0.3 is 41.5 Å².